The van der Waals surface area contributed by atoms with Gasteiger partial charge in [-0.1, -0.05) is 36.4 Å². The molecule has 0 fully saturated rings. The number of aromatic amines is 1. The number of carbonyl (C=O) groups is 1. The van der Waals surface area contributed by atoms with Crippen molar-refractivity contribution >= 4 is 27.6 Å². The first-order valence-corrected chi connectivity index (χ1v) is 9.67. The molecule has 4 nitrogen and oxygen atoms in total. The minimum Gasteiger partial charge on any atom is -0.484 e. The molecule has 0 aliphatic heterocycles. The van der Waals surface area contributed by atoms with Crippen LogP contribution in [0.3, 0.4) is 0 Å². The number of H-pyrrole nitrogens is 1. The Bertz CT molecular complexity index is 1200. The van der Waals surface area contributed by atoms with Crippen LogP contribution in [-0.2, 0) is 11.2 Å². The number of fused-ring (bicyclic) bond motifs is 2. The summed E-state index contributed by atoms with van der Waals surface area (Å²) in [4.78, 5) is 15.3. The topological polar surface area (TPSA) is 54.1 Å². The van der Waals surface area contributed by atoms with Gasteiger partial charge in [0.1, 0.15) is 11.6 Å². The molecule has 4 rings (SSSR count). The van der Waals surface area contributed by atoms with Gasteiger partial charge in [0, 0.05) is 17.6 Å². The maximum atomic E-state index is 14.1. The molecular formula is C24H23FN2O2. The highest BCUT2D eigenvalue weighted by Gasteiger charge is 2.14. The van der Waals surface area contributed by atoms with Crippen molar-refractivity contribution < 1.29 is 13.9 Å². The van der Waals surface area contributed by atoms with Crippen LogP contribution in [0.5, 0.6) is 5.75 Å². The lowest BCUT2D eigenvalue weighted by atomic mass is 10.0. The quantitative estimate of drug-likeness (QED) is 0.496. The van der Waals surface area contributed by atoms with Gasteiger partial charge in [-0.05, 0) is 60.4 Å². The number of aryl methyl sites for hydroxylation is 2. The molecule has 4 aromatic rings. The molecule has 0 saturated heterocycles. The number of halogens is 1. The van der Waals surface area contributed by atoms with Crippen molar-refractivity contribution in [1.82, 2.24) is 10.3 Å². The molecule has 0 spiro atoms. The predicted octanol–water partition coefficient (Wildman–Crippen LogP) is 4.81. The number of carbonyl (C=O) groups excluding carboxylic acids is 1. The standard InChI is InChI=1S/C24H23FN2O2/c1-15-7-10-21(25)24-23(15)20(16(2)27-24)11-12-26-22(28)14-29-19-9-8-17-5-3-4-6-18(17)13-19/h3-10,13,27H,11-12,14H2,1-2H3,(H,26,28). The van der Waals surface area contributed by atoms with Crippen LogP contribution >= 0.6 is 0 Å². The summed E-state index contributed by atoms with van der Waals surface area (Å²) in [6.45, 7) is 4.32. The van der Waals surface area contributed by atoms with Gasteiger partial charge < -0.3 is 15.0 Å². The number of rotatable bonds is 6. The number of amides is 1. The molecule has 1 heterocycles. The fraction of sp³-hybridized carbons (Fsp3) is 0.208. The Labute approximate surface area is 168 Å². The third-order valence-electron chi connectivity index (χ3n) is 5.22. The van der Waals surface area contributed by atoms with Gasteiger partial charge in [-0.2, -0.15) is 0 Å². The fourth-order valence-corrected chi connectivity index (χ4v) is 3.74. The molecule has 0 saturated carbocycles. The van der Waals surface area contributed by atoms with Gasteiger partial charge in [-0.15, -0.1) is 0 Å². The lowest BCUT2D eigenvalue weighted by Gasteiger charge is -2.09. The molecule has 29 heavy (non-hydrogen) atoms. The summed E-state index contributed by atoms with van der Waals surface area (Å²) in [5.74, 6) is 0.226. The minimum atomic E-state index is -0.257. The molecule has 148 valence electrons. The van der Waals surface area contributed by atoms with Gasteiger partial charge in [0.2, 0.25) is 0 Å². The lowest BCUT2D eigenvalue weighted by Crippen LogP contribution is -2.30. The average Bonchev–Trinajstić information content (AvgIpc) is 3.06. The van der Waals surface area contributed by atoms with E-state index in [1.807, 2.05) is 56.3 Å². The normalized spacial score (nSPS) is 11.1. The van der Waals surface area contributed by atoms with Crippen LogP contribution < -0.4 is 10.1 Å². The highest BCUT2D eigenvalue weighted by atomic mass is 19.1. The highest BCUT2D eigenvalue weighted by molar-refractivity contribution is 5.88. The molecule has 5 heteroatoms. The van der Waals surface area contributed by atoms with Gasteiger partial charge >= 0.3 is 0 Å². The Hall–Kier alpha value is -3.34. The SMILES string of the molecule is Cc1[nH]c2c(F)ccc(C)c2c1CCNC(=O)COc1ccc2ccccc2c1. The second kappa shape index (κ2) is 7.95. The Kier molecular flexibility index (Phi) is 5.21. The van der Waals surface area contributed by atoms with Crippen LogP contribution in [0, 0.1) is 19.7 Å². The van der Waals surface area contributed by atoms with Crippen LogP contribution in [-0.4, -0.2) is 24.0 Å². The van der Waals surface area contributed by atoms with E-state index < -0.39 is 0 Å². The third-order valence-corrected chi connectivity index (χ3v) is 5.22. The second-order valence-electron chi connectivity index (χ2n) is 7.24. The summed E-state index contributed by atoms with van der Waals surface area (Å²) in [6, 6.07) is 17.0. The summed E-state index contributed by atoms with van der Waals surface area (Å²) in [5.41, 5.74) is 3.51. The number of aromatic nitrogens is 1. The van der Waals surface area contributed by atoms with Crippen molar-refractivity contribution in [1.29, 1.82) is 0 Å². The summed E-state index contributed by atoms with van der Waals surface area (Å²) < 4.78 is 19.7. The molecule has 0 atom stereocenters. The van der Waals surface area contributed by atoms with E-state index >= 15 is 0 Å². The first-order valence-electron chi connectivity index (χ1n) is 9.67. The Morgan fingerprint density at radius 3 is 2.69 bits per heavy atom. The fourth-order valence-electron chi connectivity index (χ4n) is 3.74. The van der Waals surface area contributed by atoms with Crippen molar-refractivity contribution in [3.8, 4) is 5.75 Å². The monoisotopic (exact) mass is 390 g/mol. The second-order valence-corrected chi connectivity index (χ2v) is 7.24. The summed E-state index contributed by atoms with van der Waals surface area (Å²) in [5, 5.41) is 5.99. The van der Waals surface area contributed by atoms with E-state index in [1.54, 1.807) is 6.07 Å². The van der Waals surface area contributed by atoms with E-state index in [0.29, 0.717) is 24.2 Å². The van der Waals surface area contributed by atoms with E-state index in [4.69, 9.17) is 4.74 Å². The van der Waals surface area contributed by atoms with E-state index in [0.717, 1.165) is 33.0 Å². The number of benzene rings is 3. The van der Waals surface area contributed by atoms with Crippen LogP contribution in [0.4, 0.5) is 4.39 Å². The van der Waals surface area contributed by atoms with Gasteiger partial charge in [-0.3, -0.25) is 4.79 Å². The van der Waals surface area contributed by atoms with Gasteiger partial charge in [0.15, 0.2) is 6.61 Å². The van der Waals surface area contributed by atoms with Gasteiger partial charge in [-0.25, -0.2) is 4.39 Å². The predicted molar refractivity (Wildman–Crippen MR) is 114 cm³/mol. The Morgan fingerprint density at radius 1 is 1.07 bits per heavy atom. The first kappa shape index (κ1) is 19.0. The molecular weight excluding hydrogens is 367 g/mol. The van der Waals surface area contributed by atoms with Gasteiger partial charge in [0.25, 0.3) is 5.91 Å². The molecule has 3 aromatic carbocycles. The largest absolute Gasteiger partial charge is 0.484 e. The summed E-state index contributed by atoms with van der Waals surface area (Å²) >= 11 is 0. The zero-order chi connectivity index (χ0) is 20.4. The van der Waals surface area contributed by atoms with Crippen LogP contribution in [0.2, 0.25) is 0 Å². The third kappa shape index (κ3) is 3.94. The van der Waals surface area contributed by atoms with Crippen LogP contribution in [0.1, 0.15) is 16.8 Å². The van der Waals surface area contributed by atoms with Crippen molar-refractivity contribution in [2.45, 2.75) is 20.3 Å². The van der Waals surface area contributed by atoms with E-state index in [1.165, 1.54) is 6.07 Å². The molecule has 0 bridgehead atoms. The Balaban J connectivity index is 1.35. The van der Waals surface area contributed by atoms with E-state index in [2.05, 4.69) is 10.3 Å². The number of hydrogen-bond acceptors (Lipinski definition) is 2. The van der Waals surface area contributed by atoms with Crippen LogP contribution in [0.25, 0.3) is 21.7 Å². The van der Waals surface area contributed by atoms with Crippen molar-refractivity contribution in [3.05, 3.63) is 77.2 Å². The zero-order valence-corrected chi connectivity index (χ0v) is 16.5. The maximum Gasteiger partial charge on any atom is 0.257 e. The number of nitrogens with one attached hydrogen (secondary N) is 2. The molecule has 0 radical (unpaired) electrons. The highest BCUT2D eigenvalue weighted by Crippen LogP contribution is 2.27. The maximum absolute atomic E-state index is 14.1. The molecule has 0 unspecified atom stereocenters. The van der Waals surface area contributed by atoms with Crippen molar-refractivity contribution in [2.75, 3.05) is 13.2 Å². The van der Waals surface area contributed by atoms with E-state index in [9.17, 15) is 9.18 Å². The molecule has 2 N–H and O–H groups in total. The number of hydrogen-bond donors (Lipinski definition) is 2. The number of ether oxygens (including phenoxy) is 1. The lowest BCUT2D eigenvalue weighted by molar-refractivity contribution is -0.123. The summed E-state index contributed by atoms with van der Waals surface area (Å²) in [6.07, 6.45) is 0.623. The molecule has 0 aliphatic carbocycles. The van der Waals surface area contributed by atoms with Crippen molar-refractivity contribution in [2.24, 2.45) is 0 Å². The molecule has 1 aromatic heterocycles. The smallest absolute Gasteiger partial charge is 0.257 e. The summed E-state index contributed by atoms with van der Waals surface area (Å²) in [7, 11) is 0. The van der Waals surface area contributed by atoms with E-state index in [-0.39, 0.29) is 18.3 Å². The average molecular weight is 390 g/mol. The molecule has 1 amide bonds. The zero-order valence-electron chi connectivity index (χ0n) is 16.5. The minimum absolute atomic E-state index is 0.0428. The van der Waals surface area contributed by atoms with Gasteiger partial charge in [0.05, 0.1) is 5.52 Å². The van der Waals surface area contributed by atoms with Crippen LogP contribution in [0.15, 0.2) is 54.6 Å². The first-order chi connectivity index (χ1) is 14.0. The van der Waals surface area contributed by atoms with Crippen molar-refractivity contribution in [3.63, 3.8) is 0 Å². The molecule has 0 aliphatic rings. The Morgan fingerprint density at radius 2 is 1.86 bits per heavy atom.